The first-order valence-electron chi connectivity index (χ1n) is 5.47. The Kier molecular flexibility index (Phi) is 1.72. The molecule has 0 nitrogen and oxygen atoms in total. The highest BCUT2D eigenvalue weighted by atomic mass is 32.1. The van der Waals surface area contributed by atoms with Crippen molar-refractivity contribution in [2.75, 3.05) is 5.75 Å². The lowest BCUT2D eigenvalue weighted by atomic mass is 9.52. The van der Waals surface area contributed by atoms with Gasteiger partial charge in [0, 0.05) is 0 Å². The van der Waals surface area contributed by atoms with Crippen LogP contribution in [0.3, 0.4) is 0 Å². The Morgan fingerprint density at radius 2 is 1.33 bits per heavy atom. The van der Waals surface area contributed by atoms with Gasteiger partial charge in [-0.15, -0.1) is 0 Å². The van der Waals surface area contributed by atoms with Crippen molar-refractivity contribution in [3.8, 4) is 0 Å². The third kappa shape index (κ3) is 0.982. The summed E-state index contributed by atoms with van der Waals surface area (Å²) >= 11 is 4.51. The molecule has 0 amide bonds. The van der Waals surface area contributed by atoms with Gasteiger partial charge in [-0.25, -0.2) is 0 Å². The standard InChI is InChI=1S/C11H18S/c12-6-11-9-2-7-1-8(4-9)5-10(11)3-7/h7-12H,1-6H2. The molecule has 0 heterocycles. The second-order valence-electron chi connectivity index (χ2n) is 5.28. The van der Waals surface area contributed by atoms with Gasteiger partial charge in [0.15, 0.2) is 0 Å². The molecule has 4 aliphatic carbocycles. The lowest BCUT2D eigenvalue weighted by Crippen LogP contribution is -2.45. The van der Waals surface area contributed by atoms with Gasteiger partial charge in [0.25, 0.3) is 0 Å². The molecule has 0 atom stereocenters. The summed E-state index contributed by atoms with van der Waals surface area (Å²) in [4.78, 5) is 0. The molecule has 4 saturated carbocycles. The van der Waals surface area contributed by atoms with E-state index in [2.05, 4.69) is 12.6 Å². The van der Waals surface area contributed by atoms with Crippen molar-refractivity contribution in [3.05, 3.63) is 0 Å². The van der Waals surface area contributed by atoms with E-state index in [0.717, 1.165) is 35.3 Å². The first-order chi connectivity index (χ1) is 5.86. The summed E-state index contributed by atoms with van der Waals surface area (Å²) in [6, 6.07) is 0. The molecule has 1 heteroatoms. The molecule has 12 heavy (non-hydrogen) atoms. The van der Waals surface area contributed by atoms with Crippen LogP contribution in [0.25, 0.3) is 0 Å². The van der Waals surface area contributed by atoms with Gasteiger partial charge in [-0.05, 0) is 67.4 Å². The van der Waals surface area contributed by atoms with Crippen LogP contribution in [0.15, 0.2) is 0 Å². The molecule has 0 aromatic rings. The average molecular weight is 182 g/mol. The summed E-state index contributed by atoms with van der Waals surface area (Å²) in [6.45, 7) is 0. The van der Waals surface area contributed by atoms with Crippen LogP contribution in [0.5, 0.6) is 0 Å². The zero-order chi connectivity index (χ0) is 8.13. The molecule has 4 rings (SSSR count). The van der Waals surface area contributed by atoms with E-state index in [1.807, 2.05) is 0 Å². The van der Waals surface area contributed by atoms with Crippen LogP contribution in [0, 0.1) is 29.6 Å². The van der Waals surface area contributed by atoms with Gasteiger partial charge in [-0.3, -0.25) is 0 Å². The fourth-order valence-electron chi connectivity index (χ4n) is 4.34. The Morgan fingerprint density at radius 1 is 0.833 bits per heavy atom. The minimum Gasteiger partial charge on any atom is -0.179 e. The lowest BCUT2D eigenvalue weighted by Gasteiger charge is -2.54. The first-order valence-corrected chi connectivity index (χ1v) is 6.11. The minimum absolute atomic E-state index is 1.00. The molecule has 4 aliphatic rings. The van der Waals surface area contributed by atoms with Crippen LogP contribution in [0.4, 0.5) is 0 Å². The van der Waals surface area contributed by atoms with Crippen LogP contribution in [-0.2, 0) is 0 Å². The summed E-state index contributed by atoms with van der Waals surface area (Å²) in [5, 5.41) is 0. The lowest BCUT2D eigenvalue weighted by molar-refractivity contribution is -0.0260. The second-order valence-corrected chi connectivity index (χ2v) is 5.64. The second kappa shape index (κ2) is 2.67. The highest BCUT2D eigenvalue weighted by Crippen LogP contribution is 2.56. The van der Waals surface area contributed by atoms with Crippen LogP contribution in [-0.4, -0.2) is 5.75 Å². The van der Waals surface area contributed by atoms with Gasteiger partial charge in [-0.2, -0.15) is 12.6 Å². The Hall–Kier alpha value is 0.350. The van der Waals surface area contributed by atoms with Crippen molar-refractivity contribution in [3.63, 3.8) is 0 Å². The molecule has 0 radical (unpaired) electrons. The van der Waals surface area contributed by atoms with E-state index in [0.29, 0.717) is 0 Å². The van der Waals surface area contributed by atoms with Crippen LogP contribution < -0.4 is 0 Å². The fraction of sp³-hybridized carbons (Fsp3) is 1.00. The molecular formula is C11H18S. The molecule has 4 fully saturated rings. The molecular weight excluding hydrogens is 164 g/mol. The number of thiol groups is 1. The summed E-state index contributed by atoms with van der Waals surface area (Å²) < 4.78 is 0. The zero-order valence-electron chi connectivity index (χ0n) is 7.58. The Labute approximate surface area is 80.5 Å². The van der Waals surface area contributed by atoms with Gasteiger partial charge in [0.2, 0.25) is 0 Å². The molecule has 0 saturated heterocycles. The normalized spacial score (nSPS) is 56.2. The molecule has 0 unspecified atom stereocenters. The summed E-state index contributed by atoms with van der Waals surface area (Å²) in [5.74, 6) is 6.58. The molecule has 0 aromatic carbocycles. The smallest absolute Gasteiger partial charge is 0.00642 e. The largest absolute Gasteiger partial charge is 0.179 e. The van der Waals surface area contributed by atoms with E-state index < -0.39 is 0 Å². The molecule has 0 aromatic heterocycles. The summed E-state index contributed by atoms with van der Waals surface area (Å²) in [5.41, 5.74) is 0. The topological polar surface area (TPSA) is 0 Å². The maximum absolute atomic E-state index is 4.51. The van der Waals surface area contributed by atoms with Gasteiger partial charge < -0.3 is 0 Å². The van der Waals surface area contributed by atoms with E-state index in [1.54, 1.807) is 32.1 Å². The predicted octanol–water partition coefficient (Wildman–Crippen LogP) is 2.99. The molecule has 68 valence electrons. The number of rotatable bonds is 1. The van der Waals surface area contributed by atoms with Crippen molar-refractivity contribution in [2.24, 2.45) is 29.6 Å². The monoisotopic (exact) mass is 182 g/mol. The quantitative estimate of drug-likeness (QED) is 0.592. The Bertz CT molecular complexity index is 159. The molecule has 0 spiro atoms. The summed E-state index contributed by atoms with van der Waals surface area (Å²) in [7, 11) is 0. The molecule has 4 bridgehead atoms. The minimum atomic E-state index is 1.00. The maximum Gasteiger partial charge on any atom is -0.00642 e. The van der Waals surface area contributed by atoms with Gasteiger partial charge >= 0.3 is 0 Å². The molecule has 0 N–H and O–H groups in total. The maximum atomic E-state index is 4.51. The van der Waals surface area contributed by atoms with Crippen molar-refractivity contribution < 1.29 is 0 Å². The van der Waals surface area contributed by atoms with Crippen LogP contribution in [0.1, 0.15) is 32.1 Å². The van der Waals surface area contributed by atoms with Crippen molar-refractivity contribution in [2.45, 2.75) is 32.1 Å². The average Bonchev–Trinajstić information content (AvgIpc) is 2.02. The SMILES string of the molecule is SCC1C2CC3CC(C2)CC1C3. The number of hydrogen-bond donors (Lipinski definition) is 1. The van der Waals surface area contributed by atoms with Crippen molar-refractivity contribution in [1.82, 2.24) is 0 Å². The van der Waals surface area contributed by atoms with Gasteiger partial charge in [0.1, 0.15) is 0 Å². The molecule has 0 aliphatic heterocycles. The van der Waals surface area contributed by atoms with E-state index in [4.69, 9.17) is 0 Å². The van der Waals surface area contributed by atoms with E-state index >= 15 is 0 Å². The third-order valence-electron chi connectivity index (χ3n) is 4.63. The van der Waals surface area contributed by atoms with Crippen LogP contribution >= 0.6 is 12.6 Å². The first kappa shape index (κ1) is 7.73. The predicted molar refractivity (Wildman–Crippen MR) is 54.4 cm³/mol. The fourth-order valence-corrected chi connectivity index (χ4v) is 4.93. The van der Waals surface area contributed by atoms with E-state index in [1.165, 1.54) is 0 Å². The number of hydrogen-bond acceptors (Lipinski definition) is 1. The highest BCUT2D eigenvalue weighted by Gasteiger charge is 2.47. The third-order valence-corrected chi connectivity index (χ3v) is 5.05. The Balaban J connectivity index is 1.86. The Morgan fingerprint density at radius 3 is 1.75 bits per heavy atom. The van der Waals surface area contributed by atoms with Gasteiger partial charge in [-0.1, -0.05) is 0 Å². The highest BCUT2D eigenvalue weighted by molar-refractivity contribution is 7.80. The summed E-state index contributed by atoms with van der Waals surface area (Å²) in [6.07, 6.45) is 7.79. The van der Waals surface area contributed by atoms with Gasteiger partial charge in [0.05, 0.1) is 0 Å². The van der Waals surface area contributed by atoms with Crippen LogP contribution in [0.2, 0.25) is 0 Å². The van der Waals surface area contributed by atoms with Crippen molar-refractivity contribution in [1.29, 1.82) is 0 Å². The van der Waals surface area contributed by atoms with Crippen molar-refractivity contribution >= 4 is 12.6 Å². The van der Waals surface area contributed by atoms with E-state index in [9.17, 15) is 0 Å². The van der Waals surface area contributed by atoms with E-state index in [-0.39, 0.29) is 0 Å². The zero-order valence-corrected chi connectivity index (χ0v) is 8.47.